The summed E-state index contributed by atoms with van der Waals surface area (Å²) in [5.41, 5.74) is 1.05. The second-order valence-corrected chi connectivity index (χ2v) is 6.66. The molecule has 5 heteroatoms. The van der Waals surface area contributed by atoms with Crippen molar-refractivity contribution in [3.63, 3.8) is 0 Å². The van der Waals surface area contributed by atoms with Crippen LogP contribution < -0.4 is 14.8 Å². The van der Waals surface area contributed by atoms with E-state index in [2.05, 4.69) is 10.2 Å². The fraction of sp³-hybridized carbons (Fsp3) is 0.647. The number of rotatable bonds is 7. The normalized spacial score (nSPS) is 22.0. The molecule has 22 heavy (non-hydrogen) atoms. The van der Waals surface area contributed by atoms with Crippen molar-refractivity contribution in [1.29, 1.82) is 0 Å². The maximum Gasteiger partial charge on any atom is 0.179 e. The van der Waals surface area contributed by atoms with Crippen LogP contribution >= 0.6 is 11.6 Å². The quantitative estimate of drug-likeness (QED) is 0.836. The molecule has 4 nitrogen and oxygen atoms in total. The Balaban J connectivity index is 1.51. The zero-order valence-corrected chi connectivity index (χ0v) is 14.2. The third-order valence-electron chi connectivity index (χ3n) is 4.69. The first-order valence-electron chi connectivity index (χ1n) is 8.07. The zero-order chi connectivity index (χ0) is 15.5. The lowest BCUT2D eigenvalue weighted by molar-refractivity contribution is 0.312. The Labute approximate surface area is 137 Å². The minimum Gasteiger partial charge on any atom is -0.493 e. The molecule has 0 spiro atoms. The van der Waals surface area contributed by atoms with Gasteiger partial charge in [0.1, 0.15) is 0 Å². The maximum atomic E-state index is 6.41. The van der Waals surface area contributed by atoms with Gasteiger partial charge in [0, 0.05) is 19.1 Å². The number of hydrogen-bond acceptors (Lipinski definition) is 4. The molecule has 3 rings (SSSR count). The molecule has 0 radical (unpaired) electrons. The van der Waals surface area contributed by atoms with E-state index in [-0.39, 0.29) is 0 Å². The number of benzene rings is 1. The Morgan fingerprint density at radius 2 is 2.05 bits per heavy atom. The van der Waals surface area contributed by atoms with E-state index in [0.717, 1.165) is 30.6 Å². The molecule has 0 amide bonds. The fourth-order valence-electron chi connectivity index (χ4n) is 3.28. The maximum absolute atomic E-state index is 6.41. The fourth-order valence-corrected chi connectivity index (χ4v) is 3.58. The average Bonchev–Trinajstić information content (AvgIpc) is 3.28. The van der Waals surface area contributed by atoms with E-state index in [4.69, 9.17) is 21.1 Å². The van der Waals surface area contributed by atoms with E-state index < -0.39 is 0 Å². The molecule has 1 N–H and O–H groups in total. The smallest absolute Gasteiger partial charge is 0.179 e. The number of nitrogens with zero attached hydrogens (tertiary/aromatic N) is 1. The van der Waals surface area contributed by atoms with Crippen molar-refractivity contribution in [3.8, 4) is 11.5 Å². The lowest BCUT2D eigenvalue weighted by Gasteiger charge is -2.16. The highest BCUT2D eigenvalue weighted by Gasteiger charge is 2.34. The van der Waals surface area contributed by atoms with E-state index in [1.54, 1.807) is 14.2 Å². The molecule has 2 aliphatic rings. The topological polar surface area (TPSA) is 33.7 Å². The summed E-state index contributed by atoms with van der Waals surface area (Å²) in [7, 11) is 3.24. The molecule has 1 saturated heterocycles. The average molecular weight is 325 g/mol. The highest BCUT2D eigenvalue weighted by atomic mass is 35.5. The predicted octanol–water partition coefficient (Wildman–Crippen LogP) is 2.93. The van der Waals surface area contributed by atoms with Crippen LogP contribution in [0.15, 0.2) is 12.1 Å². The summed E-state index contributed by atoms with van der Waals surface area (Å²) >= 11 is 6.41. The van der Waals surface area contributed by atoms with Crippen molar-refractivity contribution in [2.24, 2.45) is 5.92 Å². The van der Waals surface area contributed by atoms with Gasteiger partial charge in [-0.25, -0.2) is 0 Å². The van der Waals surface area contributed by atoms with Crippen LogP contribution in [-0.4, -0.2) is 44.8 Å². The second kappa shape index (κ2) is 7.07. The third kappa shape index (κ3) is 3.50. The first-order chi connectivity index (χ1) is 10.7. The van der Waals surface area contributed by atoms with E-state index in [9.17, 15) is 0 Å². The lowest BCUT2D eigenvalue weighted by Crippen LogP contribution is -2.27. The van der Waals surface area contributed by atoms with Gasteiger partial charge >= 0.3 is 0 Å². The standard InChI is InChI=1S/C17H25ClN2O2/c1-21-15-6-3-13(16(18)17(15)22-2)10-19-9-12-7-8-20(11-12)14-4-5-14/h3,6,12,14,19H,4-5,7-11H2,1-2H3/t12-/m0/s1. The molecule has 122 valence electrons. The third-order valence-corrected chi connectivity index (χ3v) is 5.11. The van der Waals surface area contributed by atoms with Crippen molar-refractivity contribution < 1.29 is 9.47 Å². The van der Waals surface area contributed by atoms with E-state index >= 15 is 0 Å². The highest BCUT2D eigenvalue weighted by molar-refractivity contribution is 6.33. The molecule has 2 fully saturated rings. The number of ether oxygens (including phenoxy) is 2. The van der Waals surface area contributed by atoms with Crippen molar-refractivity contribution in [1.82, 2.24) is 10.2 Å². The highest BCUT2D eigenvalue weighted by Crippen LogP contribution is 2.37. The zero-order valence-electron chi connectivity index (χ0n) is 13.4. The van der Waals surface area contributed by atoms with Crippen LogP contribution in [0, 0.1) is 5.92 Å². The summed E-state index contributed by atoms with van der Waals surface area (Å²) in [6.07, 6.45) is 4.12. The van der Waals surface area contributed by atoms with Gasteiger partial charge in [-0.2, -0.15) is 0 Å². The molecule has 1 aromatic carbocycles. The van der Waals surface area contributed by atoms with Gasteiger partial charge in [-0.1, -0.05) is 17.7 Å². The second-order valence-electron chi connectivity index (χ2n) is 6.29. The van der Waals surface area contributed by atoms with Crippen molar-refractivity contribution in [2.75, 3.05) is 33.9 Å². The molecule has 0 aromatic heterocycles. The van der Waals surface area contributed by atoms with Crippen LogP contribution in [0.25, 0.3) is 0 Å². The largest absolute Gasteiger partial charge is 0.493 e. The molecule has 1 aliphatic heterocycles. The minimum absolute atomic E-state index is 0.615. The van der Waals surface area contributed by atoms with Gasteiger partial charge in [0.25, 0.3) is 0 Å². The molecule has 1 aromatic rings. The lowest BCUT2D eigenvalue weighted by atomic mass is 10.1. The van der Waals surface area contributed by atoms with Crippen LogP contribution in [0.5, 0.6) is 11.5 Å². The van der Waals surface area contributed by atoms with Gasteiger partial charge < -0.3 is 19.7 Å². The number of methoxy groups -OCH3 is 2. The Bertz CT molecular complexity index is 520. The Morgan fingerprint density at radius 3 is 2.73 bits per heavy atom. The van der Waals surface area contributed by atoms with Crippen LogP contribution in [0.1, 0.15) is 24.8 Å². The van der Waals surface area contributed by atoms with Crippen LogP contribution in [0.2, 0.25) is 5.02 Å². The molecule has 0 bridgehead atoms. The van der Waals surface area contributed by atoms with Gasteiger partial charge in [-0.15, -0.1) is 0 Å². The summed E-state index contributed by atoms with van der Waals surface area (Å²) < 4.78 is 10.6. The number of likely N-dealkylation sites (tertiary alicyclic amines) is 1. The summed E-state index contributed by atoms with van der Waals surface area (Å²) in [4.78, 5) is 2.65. The van der Waals surface area contributed by atoms with Gasteiger partial charge in [-0.05, 0) is 49.9 Å². The molecule has 1 heterocycles. The van der Waals surface area contributed by atoms with Gasteiger partial charge in [0.2, 0.25) is 0 Å². The Kier molecular flexibility index (Phi) is 5.11. The van der Waals surface area contributed by atoms with Crippen LogP contribution in [-0.2, 0) is 6.54 Å². The number of nitrogens with one attached hydrogen (secondary N) is 1. The van der Waals surface area contributed by atoms with Gasteiger partial charge in [0.15, 0.2) is 11.5 Å². The minimum atomic E-state index is 0.615. The van der Waals surface area contributed by atoms with Crippen LogP contribution in [0.3, 0.4) is 0 Å². The molecule has 1 aliphatic carbocycles. The number of halogens is 1. The van der Waals surface area contributed by atoms with Gasteiger partial charge in [0.05, 0.1) is 19.2 Å². The summed E-state index contributed by atoms with van der Waals surface area (Å²) in [6, 6.07) is 4.80. The molecule has 0 unspecified atom stereocenters. The van der Waals surface area contributed by atoms with E-state index in [0.29, 0.717) is 16.5 Å². The van der Waals surface area contributed by atoms with E-state index in [1.165, 1.54) is 32.4 Å². The predicted molar refractivity (Wildman–Crippen MR) is 89.0 cm³/mol. The van der Waals surface area contributed by atoms with Crippen molar-refractivity contribution >= 4 is 11.6 Å². The monoisotopic (exact) mass is 324 g/mol. The summed E-state index contributed by atoms with van der Waals surface area (Å²) in [6.45, 7) is 4.33. The van der Waals surface area contributed by atoms with Crippen molar-refractivity contribution in [3.05, 3.63) is 22.7 Å². The SMILES string of the molecule is COc1ccc(CNC[C@@H]2CCN(C3CC3)C2)c(Cl)c1OC. The Morgan fingerprint density at radius 1 is 1.23 bits per heavy atom. The van der Waals surface area contributed by atoms with Crippen LogP contribution in [0.4, 0.5) is 0 Å². The Hall–Kier alpha value is -0.970. The van der Waals surface area contributed by atoms with E-state index in [1.807, 2.05) is 12.1 Å². The molecule has 1 saturated carbocycles. The van der Waals surface area contributed by atoms with Crippen molar-refractivity contribution in [2.45, 2.75) is 31.8 Å². The first kappa shape index (κ1) is 15.9. The number of hydrogen-bond donors (Lipinski definition) is 1. The molecular weight excluding hydrogens is 300 g/mol. The first-order valence-corrected chi connectivity index (χ1v) is 8.44. The summed E-state index contributed by atoms with van der Waals surface area (Å²) in [5, 5.41) is 4.18. The van der Waals surface area contributed by atoms with Gasteiger partial charge in [-0.3, -0.25) is 0 Å². The molecule has 1 atom stereocenters. The summed E-state index contributed by atoms with van der Waals surface area (Å²) in [5.74, 6) is 2.05. The molecular formula is C17H25ClN2O2.